The molecule has 4 nitrogen and oxygen atoms in total. The Kier molecular flexibility index (Phi) is 5.85. The number of anilines is 1. The van der Waals surface area contributed by atoms with Crippen LogP contribution < -0.4 is 5.32 Å². The Labute approximate surface area is 115 Å². The zero-order valence-corrected chi connectivity index (χ0v) is 12.2. The summed E-state index contributed by atoms with van der Waals surface area (Å²) >= 11 is 3.36. The molecule has 2 amide bonds. The third-order valence-electron chi connectivity index (χ3n) is 2.42. The Balaban J connectivity index is 2.61. The van der Waals surface area contributed by atoms with E-state index in [-0.39, 0.29) is 18.4 Å². The highest BCUT2D eigenvalue weighted by atomic mass is 79.9. The monoisotopic (exact) mass is 312 g/mol. The van der Waals surface area contributed by atoms with Crippen LogP contribution in [-0.2, 0) is 9.59 Å². The summed E-state index contributed by atoms with van der Waals surface area (Å²) < 4.78 is 0.822. The van der Waals surface area contributed by atoms with Crippen LogP contribution in [0.3, 0.4) is 0 Å². The molecule has 0 bridgehead atoms. The zero-order chi connectivity index (χ0) is 13.5. The minimum Gasteiger partial charge on any atom is -0.334 e. The van der Waals surface area contributed by atoms with Crippen molar-refractivity contribution in [3.63, 3.8) is 0 Å². The summed E-state index contributed by atoms with van der Waals surface area (Å²) in [5.74, 6) is -0.273. The van der Waals surface area contributed by atoms with Crippen molar-refractivity contribution < 1.29 is 9.59 Å². The number of amides is 2. The lowest BCUT2D eigenvalue weighted by Crippen LogP contribution is -2.37. The Hall–Kier alpha value is -1.36. The quantitative estimate of drug-likeness (QED) is 0.908. The van der Waals surface area contributed by atoms with Crippen molar-refractivity contribution in [2.45, 2.75) is 20.3 Å². The van der Waals surface area contributed by atoms with Gasteiger partial charge >= 0.3 is 0 Å². The van der Waals surface area contributed by atoms with Crippen LogP contribution in [-0.4, -0.2) is 29.8 Å². The van der Waals surface area contributed by atoms with Crippen molar-refractivity contribution in [1.29, 1.82) is 0 Å². The van der Waals surface area contributed by atoms with E-state index in [9.17, 15) is 9.59 Å². The fraction of sp³-hybridized carbons (Fsp3) is 0.385. The van der Waals surface area contributed by atoms with Crippen LogP contribution in [0.4, 0.5) is 5.69 Å². The Morgan fingerprint density at radius 2 is 2.00 bits per heavy atom. The highest BCUT2D eigenvalue weighted by Gasteiger charge is 2.13. The second-order valence-corrected chi connectivity index (χ2v) is 4.82. The first-order chi connectivity index (χ1) is 8.54. The number of carbonyl (C=O) groups is 2. The van der Waals surface area contributed by atoms with E-state index in [2.05, 4.69) is 21.2 Å². The highest BCUT2D eigenvalue weighted by Crippen LogP contribution is 2.20. The summed E-state index contributed by atoms with van der Waals surface area (Å²) in [6.45, 7) is 4.13. The molecule has 0 fully saturated rings. The number of hydrogen-bond donors (Lipinski definition) is 1. The summed E-state index contributed by atoms with van der Waals surface area (Å²) in [7, 11) is 0. The third kappa shape index (κ3) is 4.49. The summed E-state index contributed by atoms with van der Waals surface area (Å²) in [5, 5.41) is 2.77. The van der Waals surface area contributed by atoms with Gasteiger partial charge in [-0.15, -0.1) is 0 Å². The van der Waals surface area contributed by atoms with Crippen molar-refractivity contribution in [3.8, 4) is 0 Å². The molecule has 18 heavy (non-hydrogen) atoms. The highest BCUT2D eigenvalue weighted by molar-refractivity contribution is 9.10. The van der Waals surface area contributed by atoms with Crippen LogP contribution in [0, 0.1) is 0 Å². The molecule has 0 heterocycles. The molecule has 0 aromatic heterocycles. The van der Waals surface area contributed by atoms with Gasteiger partial charge in [0.25, 0.3) is 0 Å². The molecule has 1 N–H and O–H groups in total. The first kappa shape index (κ1) is 14.7. The molecular weight excluding hydrogens is 296 g/mol. The Morgan fingerprint density at radius 3 is 2.56 bits per heavy atom. The number of nitrogens with one attached hydrogen (secondary N) is 1. The average Bonchev–Trinajstić information content (AvgIpc) is 2.31. The van der Waals surface area contributed by atoms with E-state index in [0.29, 0.717) is 12.2 Å². The van der Waals surface area contributed by atoms with Gasteiger partial charge in [-0.1, -0.05) is 19.1 Å². The normalized spacial score (nSPS) is 9.94. The largest absolute Gasteiger partial charge is 0.334 e. The number of benzene rings is 1. The molecule has 5 heteroatoms. The lowest BCUT2D eigenvalue weighted by molar-refractivity contribution is -0.132. The van der Waals surface area contributed by atoms with Crippen LogP contribution >= 0.6 is 15.9 Å². The number of halogens is 1. The van der Waals surface area contributed by atoms with Gasteiger partial charge in [-0.2, -0.15) is 0 Å². The molecule has 0 aliphatic rings. The lowest BCUT2D eigenvalue weighted by atomic mass is 10.3. The molecule has 1 aromatic carbocycles. The zero-order valence-electron chi connectivity index (χ0n) is 10.6. The van der Waals surface area contributed by atoms with Crippen LogP contribution in [0.15, 0.2) is 28.7 Å². The van der Waals surface area contributed by atoms with Gasteiger partial charge in [-0.25, -0.2) is 0 Å². The molecule has 1 rings (SSSR count). The van der Waals surface area contributed by atoms with E-state index >= 15 is 0 Å². The van der Waals surface area contributed by atoms with E-state index in [0.717, 1.165) is 10.9 Å². The number of nitrogens with zero attached hydrogens (tertiary/aromatic N) is 1. The minimum absolute atomic E-state index is 0.0841. The van der Waals surface area contributed by atoms with Gasteiger partial charge in [-0.3, -0.25) is 9.59 Å². The van der Waals surface area contributed by atoms with E-state index in [1.165, 1.54) is 11.8 Å². The van der Waals surface area contributed by atoms with E-state index in [1.807, 2.05) is 25.1 Å². The number of para-hydroxylation sites is 1. The third-order valence-corrected chi connectivity index (χ3v) is 3.11. The first-order valence-electron chi connectivity index (χ1n) is 5.84. The second-order valence-electron chi connectivity index (χ2n) is 3.97. The van der Waals surface area contributed by atoms with Gasteiger partial charge < -0.3 is 10.2 Å². The number of hydrogen-bond acceptors (Lipinski definition) is 2. The summed E-state index contributed by atoms with van der Waals surface area (Å²) in [5.41, 5.74) is 0.711. The topological polar surface area (TPSA) is 49.4 Å². The molecule has 0 saturated carbocycles. The molecule has 0 unspecified atom stereocenters. The SMILES string of the molecule is CCCN(CC(=O)Nc1ccccc1Br)C(C)=O. The predicted octanol–water partition coefficient (Wildman–Crippen LogP) is 2.65. The van der Waals surface area contributed by atoms with Gasteiger partial charge in [0.2, 0.25) is 11.8 Å². The van der Waals surface area contributed by atoms with Crippen LogP contribution in [0.5, 0.6) is 0 Å². The standard InChI is InChI=1S/C13H17BrN2O2/c1-3-8-16(10(2)17)9-13(18)15-12-7-5-4-6-11(12)14/h4-7H,3,8-9H2,1-2H3,(H,15,18). The van der Waals surface area contributed by atoms with Crippen molar-refractivity contribution in [3.05, 3.63) is 28.7 Å². The molecule has 1 aromatic rings. The molecule has 0 aliphatic carbocycles. The Morgan fingerprint density at radius 1 is 1.33 bits per heavy atom. The molecule has 0 spiro atoms. The summed E-state index contributed by atoms with van der Waals surface area (Å²) in [6.07, 6.45) is 0.835. The van der Waals surface area contributed by atoms with E-state index < -0.39 is 0 Å². The maximum Gasteiger partial charge on any atom is 0.244 e. The maximum atomic E-state index is 11.8. The fourth-order valence-electron chi connectivity index (χ4n) is 1.54. The summed E-state index contributed by atoms with van der Waals surface area (Å²) in [6, 6.07) is 7.37. The smallest absolute Gasteiger partial charge is 0.244 e. The fourth-order valence-corrected chi connectivity index (χ4v) is 1.93. The molecule has 0 saturated heterocycles. The number of carbonyl (C=O) groups excluding carboxylic acids is 2. The molecule has 0 radical (unpaired) electrons. The van der Waals surface area contributed by atoms with E-state index in [4.69, 9.17) is 0 Å². The first-order valence-corrected chi connectivity index (χ1v) is 6.63. The number of rotatable bonds is 5. The van der Waals surface area contributed by atoms with E-state index in [1.54, 1.807) is 6.07 Å². The van der Waals surface area contributed by atoms with Gasteiger partial charge in [0.05, 0.1) is 12.2 Å². The maximum absolute atomic E-state index is 11.8. The molecular formula is C13H17BrN2O2. The van der Waals surface area contributed by atoms with Crippen molar-refractivity contribution in [1.82, 2.24) is 4.90 Å². The average molecular weight is 313 g/mol. The van der Waals surface area contributed by atoms with Crippen LogP contribution in [0.1, 0.15) is 20.3 Å². The van der Waals surface area contributed by atoms with Gasteiger partial charge in [0.15, 0.2) is 0 Å². The van der Waals surface area contributed by atoms with Crippen molar-refractivity contribution in [2.75, 3.05) is 18.4 Å². The molecule has 0 atom stereocenters. The van der Waals surface area contributed by atoms with Crippen LogP contribution in [0.2, 0.25) is 0 Å². The lowest BCUT2D eigenvalue weighted by Gasteiger charge is -2.19. The minimum atomic E-state index is -0.189. The van der Waals surface area contributed by atoms with Gasteiger partial charge in [0.1, 0.15) is 0 Å². The van der Waals surface area contributed by atoms with Crippen LogP contribution in [0.25, 0.3) is 0 Å². The summed E-state index contributed by atoms with van der Waals surface area (Å²) in [4.78, 5) is 24.7. The van der Waals surface area contributed by atoms with Gasteiger partial charge in [0, 0.05) is 17.9 Å². The molecule has 98 valence electrons. The Bertz CT molecular complexity index is 435. The van der Waals surface area contributed by atoms with Crippen molar-refractivity contribution >= 4 is 33.4 Å². The second kappa shape index (κ2) is 7.16. The van der Waals surface area contributed by atoms with Crippen molar-refractivity contribution in [2.24, 2.45) is 0 Å². The van der Waals surface area contributed by atoms with Gasteiger partial charge in [-0.05, 0) is 34.5 Å². The molecule has 0 aliphatic heterocycles. The predicted molar refractivity (Wildman–Crippen MR) is 75.3 cm³/mol.